The summed E-state index contributed by atoms with van der Waals surface area (Å²) in [4.78, 5) is 36.7. The smallest absolute Gasteiger partial charge is 0.306 e. The van der Waals surface area contributed by atoms with Crippen molar-refractivity contribution in [1.29, 1.82) is 0 Å². The monoisotopic (exact) mass is 414 g/mol. The van der Waals surface area contributed by atoms with Crippen LogP contribution in [0.4, 0.5) is 0 Å². The fraction of sp³-hybridized carbons (Fsp3) is 0.720. The van der Waals surface area contributed by atoms with Crippen molar-refractivity contribution in [2.24, 2.45) is 28.6 Å². The summed E-state index contributed by atoms with van der Waals surface area (Å²) < 4.78 is 5.19. The van der Waals surface area contributed by atoms with Crippen molar-refractivity contribution in [2.75, 3.05) is 13.2 Å². The Balaban J connectivity index is 1.50. The topological polar surface area (TPSA) is 80.7 Å². The Morgan fingerprint density at radius 1 is 1.20 bits per heavy atom. The predicted molar refractivity (Wildman–Crippen MR) is 112 cm³/mol. The van der Waals surface area contributed by atoms with Gasteiger partial charge >= 0.3 is 5.97 Å². The molecular weight excluding hydrogens is 380 g/mol. The fourth-order valence-corrected chi connectivity index (χ4v) is 6.93. The van der Waals surface area contributed by atoms with E-state index in [-0.39, 0.29) is 47.9 Å². The number of carbonyl (C=O) groups is 3. The van der Waals surface area contributed by atoms with E-state index < -0.39 is 5.97 Å². The highest BCUT2D eigenvalue weighted by Crippen LogP contribution is 2.64. The molecule has 2 saturated carbocycles. The van der Waals surface area contributed by atoms with Crippen LogP contribution in [0.5, 0.6) is 0 Å². The van der Waals surface area contributed by atoms with Crippen molar-refractivity contribution >= 4 is 17.5 Å². The summed E-state index contributed by atoms with van der Waals surface area (Å²) in [5.74, 6) is 0.803. The van der Waals surface area contributed by atoms with Crippen molar-refractivity contribution in [2.45, 2.75) is 71.6 Å². The minimum absolute atomic E-state index is 0.0164. The van der Waals surface area contributed by atoms with Crippen molar-refractivity contribution in [3.05, 3.63) is 23.3 Å². The lowest BCUT2D eigenvalue weighted by atomic mass is 9.51. The van der Waals surface area contributed by atoms with Crippen molar-refractivity contribution < 1.29 is 24.2 Å². The Hall–Kier alpha value is -1.75. The number of hydrogen-bond acceptors (Lipinski definition) is 5. The van der Waals surface area contributed by atoms with Gasteiger partial charge in [-0.1, -0.05) is 31.1 Å². The summed E-state index contributed by atoms with van der Waals surface area (Å²) in [5.41, 5.74) is 2.76. The van der Waals surface area contributed by atoms with E-state index in [0.717, 1.165) is 38.5 Å². The Morgan fingerprint density at radius 2 is 2.00 bits per heavy atom. The average molecular weight is 415 g/mol. The van der Waals surface area contributed by atoms with Gasteiger partial charge in [-0.25, -0.2) is 0 Å². The fourth-order valence-electron chi connectivity index (χ4n) is 6.93. The number of fused-ring (bicyclic) bond motifs is 5. The molecule has 4 aliphatic rings. The van der Waals surface area contributed by atoms with E-state index in [1.54, 1.807) is 0 Å². The summed E-state index contributed by atoms with van der Waals surface area (Å²) >= 11 is 0. The maximum absolute atomic E-state index is 13.0. The number of Topliss-reactive ketones (excluding diaryl/α,β-unsaturated/α-hetero) is 1. The summed E-state index contributed by atoms with van der Waals surface area (Å²) in [7, 11) is 0. The van der Waals surface area contributed by atoms with Crippen LogP contribution in [0.2, 0.25) is 0 Å². The molecule has 0 aliphatic heterocycles. The standard InChI is InChI=1S/C25H34O5/c1-24-11-9-17(27)14-16(24)5-6-18-19-7-8-21(25(19,2)12-10-20(18)24)22(28)15-30-23(29)4-3-13-26/h10,14,18-19,21,26H,3-9,11-13,15H2,1-2H3. The molecule has 4 aliphatic carbocycles. The Morgan fingerprint density at radius 3 is 2.77 bits per heavy atom. The summed E-state index contributed by atoms with van der Waals surface area (Å²) in [6.45, 7) is 4.37. The van der Waals surface area contributed by atoms with Crippen molar-refractivity contribution in [3.63, 3.8) is 0 Å². The highest BCUT2D eigenvalue weighted by atomic mass is 16.5. The summed E-state index contributed by atoms with van der Waals surface area (Å²) in [6.07, 6.45) is 11.2. The zero-order valence-corrected chi connectivity index (χ0v) is 18.2. The number of carbonyl (C=O) groups excluding carboxylic acids is 3. The molecule has 4 rings (SSSR count). The van der Waals surface area contributed by atoms with Crippen LogP contribution in [-0.4, -0.2) is 35.9 Å². The Kier molecular flexibility index (Phi) is 5.78. The van der Waals surface area contributed by atoms with Gasteiger partial charge in [0.25, 0.3) is 0 Å². The quantitative estimate of drug-likeness (QED) is 0.526. The molecule has 164 valence electrons. The predicted octanol–water partition coefficient (Wildman–Crippen LogP) is 3.94. The number of hydrogen-bond donors (Lipinski definition) is 1. The molecule has 0 aromatic rings. The molecule has 5 heteroatoms. The molecule has 30 heavy (non-hydrogen) atoms. The molecule has 0 aromatic heterocycles. The maximum Gasteiger partial charge on any atom is 0.306 e. The van der Waals surface area contributed by atoms with E-state index in [0.29, 0.717) is 24.7 Å². The molecule has 2 fully saturated rings. The van der Waals surface area contributed by atoms with E-state index in [2.05, 4.69) is 19.9 Å². The second kappa shape index (κ2) is 8.07. The van der Waals surface area contributed by atoms with Crippen LogP contribution in [0.15, 0.2) is 23.3 Å². The van der Waals surface area contributed by atoms with Gasteiger partial charge in [0.05, 0.1) is 0 Å². The van der Waals surface area contributed by atoms with Crippen LogP contribution >= 0.6 is 0 Å². The molecule has 0 radical (unpaired) electrons. The van der Waals surface area contributed by atoms with E-state index in [1.165, 1.54) is 11.1 Å². The molecular formula is C25H34O5. The van der Waals surface area contributed by atoms with Gasteiger partial charge in [0, 0.05) is 30.8 Å². The first-order valence-corrected chi connectivity index (χ1v) is 11.5. The third-order valence-electron chi connectivity index (χ3n) is 8.64. The van der Waals surface area contributed by atoms with Crippen LogP contribution in [-0.2, 0) is 19.1 Å². The third kappa shape index (κ3) is 3.49. The maximum atomic E-state index is 13.0. The minimum atomic E-state index is -0.408. The van der Waals surface area contributed by atoms with Gasteiger partial charge < -0.3 is 9.84 Å². The molecule has 5 nitrogen and oxygen atoms in total. The highest BCUT2D eigenvalue weighted by Gasteiger charge is 2.57. The average Bonchev–Trinajstić information content (AvgIpc) is 3.08. The van der Waals surface area contributed by atoms with E-state index >= 15 is 0 Å². The van der Waals surface area contributed by atoms with Crippen LogP contribution in [0, 0.1) is 28.6 Å². The first-order valence-electron chi connectivity index (χ1n) is 11.5. The van der Waals surface area contributed by atoms with E-state index in [9.17, 15) is 14.4 Å². The van der Waals surface area contributed by atoms with Gasteiger partial charge in [-0.2, -0.15) is 0 Å². The van der Waals surface area contributed by atoms with Crippen molar-refractivity contribution in [3.8, 4) is 0 Å². The van der Waals surface area contributed by atoms with Crippen LogP contribution < -0.4 is 0 Å². The molecule has 0 heterocycles. The largest absolute Gasteiger partial charge is 0.458 e. The number of aliphatic hydroxyl groups is 1. The number of allylic oxidation sites excluding steroid dienone is 4. The van der Waals surface area contributed by atoms with Gasteiger partial charge in [-0.15, -0.1) is 0 Å². The highest BCUT2D eigenvalue weighted by molar-refractivity contribution is 5.92. The minimum Gasteiger partial charge on any atom is -0.458 e. The number of ketones is 2. The van der Waals surface area contributed by atoms with E-state index in [1.807, 2.05) is 6.08 Å². The zero-order valence-electron chi connectivity index (χ0n) is 18.2. The molecule has 0 amide bonds. The molecule has 0 aromatic carbocycles. The zero-order chi connectivity index (χ0) is 21.5. The van der Waals surface area contributed by atoms with Gasteiger partial charge in [0.15, 0.2) is 11.6 Å². The number of esters is 1. The molecule has 0 saturated heterocycles. The number of rotatable bonds is 6. The normalized spacial score (nSPS) is 37.4. The third-order valence-corrected chi connectivity index (χ3v) is 8.64. The second-order valence-electron chi connectivity index (χ2n) is 10.2. The Bertz CT molecular complexity index is 808. The summed E-state index contributed by atoms with van der Waals surface area (Å²) in [6, 6.07) is 0. The van der Waals surface area contributed by atoms with Gasteiger partial charge in [-0.05, 0) is 68.3 Å². The first kappa shape index (κ1) is 21.5. The number of ether oxygens (including phenoxy) is 1. The summed E-state index contributed by atoms with van der Waals surface area (Å²) in [5, 5.41) is 8.83. The van der Waals surface area contributed by atoms with Crippen LogP contribution in [0.1, 0.15) is 71.6 Å². The van der Waals surface area contributed by atoms with Gasteiger partial charge in [0.1, 0.15) is 6.61 Å². The SMILES string of the molecule is CC12CCC(=O)C=C1CCC1C2=CCC2(C)C(C(=O)COC(=O)CCCO)CCC12. The van der Waals surface area contributed by atoms with Gasteiger partial charge in [-0.3, -0.25) is 14.4 Å². The molecule has 5 unspecified atom stereocenters. The molecule has 5 atom stereocenters. The Labute approximate surface area is 178 Å². The van der Waals surface area contributed by atoms with Gasteiger partial charge in [0.2, 0.25) is 0 Å². The van der Waals surface area contributed by atoms with Crippen LogP contribution in [0.25, 0.3) is 0 Å². The first-order chi connectivity index (χ1) is 14.3. The van der Waals surface area contributed by atoms with E-state index in [4.69, 9.17) is 9.84 Å². The molecule has 0 bridgehead atoms. The molecule has 0 spiro atoms. The lowest BCUT2D eigenvalue weighted by Crippen LogP contribution is -2.45. The number of aliphatic hydroxyl groups excluding tert-OH is 1. The lowest BCUT2D eigenvalue weighted by molar-refractivity contribution is -0.150. The van der Waals surface area contributed by atoms with Crippen molar-refractivity contribution in [1.82, 2.24) is 0 Å². The van der Waals surface area contributed by atoms with Crippen LogP contribution in [0.3, 0.4) is 0 Å². The second-order valence-corrected chi connectivity index (χ2v) is 10.2. The lowest BCUT2D eigenvalue weighted by Gasteiger charge is -2.53. The molecule has 1 N–H and O–H groups in total.